The fraction of sp³-hybridized carbons (Fsp3) is 0. The van der Waals surface area contributed by atoms with E-state index in [0.717, 1.165) is 21.3 Å². The van der Waals surface area contributed by atoms with Gasteiger partial charge in [-0.05, 0) is 35.9 Å². The maximum Gasteiger partial charge on any atom is 0.256 e. The molecule has 2 aromatic carbocycles. The SMILES string of the molecule is O=C1Nc2cc(Cl)ccc2C1=Cc1cccc(Br)c1. The van der Waals surface area contributed by atoms with E-state index >= 15 is 0 Å². The van der Waals surface area contributed by atoms with E-state index in [9.17, 15) is 4.79 Å². The molecule has 0 radical (unpaired) electrons. The Morgan fingerprint density at radius 3 is 2.79 bits per heavy atom. The summed E-state index contributed by atoms with van der Waals surface area (Å²) >= 11 is 9.34. The molecule has 1 heterocycles. The summed E-state index contributed by atoms with van der Waals surface area (Å²) in [4.78, 5) is 12.0. The lowest BCUT2D eigenvalue weighted by atomic mass is 10.0. The van der Waals surface area contributed by atoms with E-state index in [0.29, 0.717) is 10.6 Å². The van der Waals surface area contributed by atoms with Gasteiger partial charge in [0.25, 0.3) is 5.91 Å². The van der Waals surface area contributed by atoms with Crippen LogP contribution in [0.3, 0.4) is 0 Å². The van der Waals surface area contributed by atoms with E-state index in [1.807, 2.05) is 36.4 Å². The van der Waals surface area contributed by atoms with Crippen molar-refractivity contribution in [1.82, 2.24) is 0 Å². The second-order valence-electron chi connectivity index (χ2n) is 4.26. The Labute approximate surface area is 124 Å². The van der Waals surface area contributed by atoms with Gasteiger partial charge in [-0.15, -0.1) is 0 Å². The highest BCUT2D eigenvalue weighted by Crippen LogP contribution is 2.35. The van der Waals surface area contributed by atoms with Crippen LogP contribution in [-0.4, -0.2) is 5.91 Å². The van der Waals surface area contributed by atoms with Crippen molar-refractivity contribution in [3.8, 4) is 0 Å². The van der Waals surface area contributed by atoms with Crippen LogP contribution in [0.5, 0.6) is 0 Å². The summed E-state index contributed by atoms with van der Waals surface area (Å²) in [6, 6.07) is 13.2. The van der Waals surface area contributed by atoms with Gasteiger partial charge >= 0.3 is 0 Å². The number of carbonyl (C=O) groups is 1. The lowest BCUT2D eigenvalue weighted by Crippen LogP contribution is -2.03. The minimum Gasteiger partial charge on any atom is -0.321 e. The van der Waals surface area contributed by atoms with Gasteiger partial charge in [0.1, 0.15) is 0 Å². The quantitative estimate of drug-likeness (QED) is 0.759. The molecule has 0 fully saturated rings. The molecular formula is C15H9BrClNO. The number of hydrogen-bond donors (Lipinski definition) is 1. The second-order valence-corrected chi connectivity index (χ2v) is 5.61. The van der Waals surface area contributed by atoms with Crippen molar-refractivity contribution in [2.24, 2.45) is 0 Å². The fourth-order valence-electron chi connectivity index (χ4n) is 2.07. The van der Waals surface area contributed by atoms with Crippen LogP contribution in [0.2, 0.25) is 5.02 Å². The van der Waals surface area contributed by atoms with Crippen molar-refractivity contribution in [3.63, 3.8) is 0 Å². The molecule has 94 valence electrons. The molecule has 2 nitrogen and oxygen atoms in total. The maximum atomic E-state index is 12.0. The first-order chi connectivity index (χ1) is 9.13. The van der Waals surface area contributed by atoms with E-state index in [-0.39, 0.29) is 5.91 Å². The molecule has 0 unspecified atom stereocenters. The first-order valence-electron chi connectivity index (χ1n) is 5.72. The van der Waals surface area contributed by atoms with Gasteiger partial charge in [-0.25, -0.2) is 0 Å². The molecule has 0 bridgehead atoms. The maximum absolute atomic E-state index is 12.0. The van der Waals surface area contributed by atoms with E-state index < -0.39 is 0 Å². The summed E-state index contributed by atoms with van der Waals surface area (Å²) in [6.07, 6.45) is 1.87. The molecular weight excluding hydrogens is 326 g/mol. The molecule has 4 heteroatoms. The van der Waals surface area contributed by atoms with Crippen LogP contribution in [0, 0.1) is 0 Å². The number of fused-ring (bicyclic) bond motifs is 1. The van der Waals surface area contributed by atoms with E-state index in [2.05, 4.69) is 21.2 Å². The van der Waals surface area contributed by atoms with Crippen LogP contribution >= 0.6 is 27.5 Å². The molecule has 0 spiro atoms. The normalized spacial score (nSPS) is 15.5. The predicted octanol–water partition coefficient (Wildman–Crippen LogP) is 4.60. The van der Waals surface area contributed by atoms with Crippen LogP contribution < -0.4 is 5.32 Å². The Kier molecular flexibility index (Phi) is 3.17. The van der Waals surface area contributed by atoms with E-state index in [1.165, 1.54) is 0 Å². The third kappa shape index (κ3) is 2.44. The van der Waals surface area contributed by atoms with Gasteiger partial charge in [-0.2, -0.15) is 0 Å². The highest BCUT2D eigenvalue weighted by Gasteiger charge is 2.23. The monoisotopic (exact) mass is 333 g/mol. The third-order valence-corrected chi connectivity index (χ3v) is 3.65. The van der Waals surface area contributed by atoms with Crippen LogP contribution in [0.25, 0.3) is 11.6 Å². The first kappa shape index (κ1) is 12.5. The van der Waals surface area contributed by atoms with Crippen LogP contribution in [0.4, 0.5) is 5.69 Å². The number of nitrogens with one attached hydrogen (secondary N) is 1. The van der Waals surface area contributed by atoms with Gasteiger partial charge in [0.15, 0.2) is 0 Å². The lowest BCUT2D eigenvalue weighted by molar-refractivity contribution is -0.110. The molecule has 1 N–H and O–H groups in total. The van der Waals surface area contributed by atoms with Crippen molar-refractivity contribution in [2.45, 2.75) is 0 Å². The zero-order chi connectivity index (χ0) is 13.4. The van der Waals surface area contributed by atoms with Crippen LogP contribution in [0.1, 0.15) is 11.1 Å². The van der Waals surface area contributed by atoms with Crippen molar-refractivity contribution in [1.29, 1.82) is 0 Å². The molecule has 1 aliphatic rings. The number of halogens is 2. The Hall–Kier alpha value is -1.58. The van der Waals surface area contributed by atoms with Gasteiger partial charge in [0.05, 0.1) is 5.69 Å². The van der Waals surface area contributed by atoms with E-state index in [4.69, 9.17) is 11.6 Å². The zero-order valence-electron chi connectivity index (χ0n) is 9.78. The number of anilines is 1. The van der Waals surface area contributed by atoms with Crippen molar-refractivity contribution in [3.05, 3.63) is 63.1 Å². The lowest BCUT2D eigenvalue weighted by Gasteiger charge is -1.99. The summed E-state index contributed by atoms with van der Waals surface area (Å²) in [7, 11) is 0. The molecule has 0 aromatic heterocycles. The largest absolute Gasteiger partial charge is 0.321 e. The fourth-order valence-corrected chi connectivity index (χ4v) is 2.66. The summed E-state index contributed by atoms with van der Waals surface area (Å²) in [5.74, 6) is -0.0998. The number of rotatable bonds is 1. The van der Waals surface area contributed by atoms with Crippen molar-refractivity contribution >= 4 is 50.8 Å². The molecule has 1 aliphatic heterocycles. The number of carbonyl (C=O) groups excluding carboxylic acids is 1. The summed E-state index contributed by atoms with van der Waals surface area (Å²) in [5.41, 5.74) is 3.28. The third-order valence-electron chi connectivity index (χ3n) is 2.92. The average Bonchev–Trinajstić information content (AvgIpc) is 2.65. The van der Waals surface area contributed by atoms with Crippen molar-refractivity contribution in [2.75, 3.05) is 5.32 Å². The number of hydrogen-bond acceptors (Lipinski definition) is 1. The summed E-state index contributed by atoms with van der Waals surface area (Å²) < 4.78 is 0.983. The van der Waals surface area contributed by atoms with Gasteiger partial charge in [-0.1, -0.05) is 45.7 Å². The average molecular weight is 335 g/mol. The molecule has 0 atom stereocenters. The molecule has 3 rings (SSSR count). The standard InChI is InChI=1S/C15H9BrClNO/c16-10-3-1-2-9(6-10)7-13-12-5-4-11(17)8-14(12)18-15(13)19/h1-8H,(H,18,19). The van der Waals surface area contributed by atoms with Gasteiger partial charge in [0.2, 0.25) is 0 Å². The Balaban J connectivity index is 2.09. The minimum atomic E-state index is -0.0998. The van der Waals surface area contributed by atoms with E-state index in [1.54, 1.807) is 12.1 Å². The Morgan fingerprint density at radius 1 is 1.16 bits per heavy atom. The number of benzene rings is 2. The Morgan fingerprint density at radius 2 is 2.00 bits per heavy atom. The van der Waals surface area contributed by atoms with Crippen molar-refractivity contribution < 1.29 is 4.79 Å². The van der Waals surface area contributed by atoms with Crippen LogP contribution in [0.15, 0.2) is 46.9 Å². The second kappa shape index (κ2) is 4.83. The van der Waals surface area contributed by atoms with Gasteiger partial charge in [0, 0.05) is 20.6 Å². The highest BCUT2D eigenvalue weighted by atomic mass is 79.9. The molecule has 1 amide bonds. The minimum absolute atomic E-state index is 0.0998. The molecule has 0 aliphatic carbocycles. The van der Waals surface area contributed by atoms with Crippen LogP contribution in [-0.2, 0) is 4.79 Å². The zero-order valence-corrected chi connectivity index (χ0v) is 12.1. The molecule has 0 saturated carbocycles. The number of amides is 1. The highest BCUT2D eigenvalue weighted by molar-refractivity contribution is 9.10. The molecule has 0 saturated heterocycles. The topological polar surface area (TPSA) is 29.1 Å². The predicted molar refractivity (Wildman–Crippen MR) is 82.1 cm³/mol. The van der Waals surface area contributed by atoms with Gasteiger partial charge in [-0.3, -0.25) is 4.79 Å². The van der Waals surface area contributed by atoms with Gasteiger partial charge < -0.3 is 5.32 Å². The molecule has 19 heavy (non-hydrogen) atoms. The molecule has 2 aromatic rings. The summed E-state index contributed by atoms with van der Waals surface area (Å²) in [5, 5.41) is 3.43. The first-order valence-corrected chi connectivity index (χ1v) is 6.89. The Bertz CT molecular complexity index is 709. The smallest absolute Gasteiger partial charge is 0.256 e. The summed E-state index contributed by atoms with van der Waals surface area (Å²) in [6.45, 7) is 0.